The monoisotopic (exact) mass is 538 g/mol. The molecule has 0 fully saturated rings. The molecule has 0 saturated carbocycles. The average Bonchev–Trinajstić information content (AvgIpc) is 3.36. The minimum Gasteiger partial charge on any atom is -0.444 e. The molecule has 1 N–H and O–H groups in total. The molecule has 9 heteroatoms. The van der Waals surface area contributed by atoms with Gasteiger partial charge in [0.2, 0.25) is 5.91 Å². The zero-order valence-electron chi connectivity index (χ0n) is 23.2. The van der Waals surface area contributed by atoms with E-state index in [0.29, 0.717) is 6.42 Å². The first kappa shape index (κ1) is 29.1. The summed E-state index contributed by atoms with van der Waals surface area (Å²) in [6, 6.07) is 16.2. The van der Waals surface area contributed by atoms with Crippen molar-refractivity contribution in [1.29, 1.82) is 0 Å². The van der Waals surface area contributed by atoms with Crippen LogP contribution in [0.5, 0.6) is 0 Å². The molecular formula is C29H38N4O4S. The molecule has 0 saturated heterocycles. The number of ether oxygens (including phenoxy) is 1. The summed E-state index contributed by atoms with van der Waals surface area (Å²) in [7, 11) is 6.63. The van der Waals surface area contributed by atoms with Gasteiger partial charge in [0.1, 0.15) is 17.7 Å². The summed E-state index contributed by atoms with van der Waals surface area (Å²) in [6.07, 6.45) is 0.0287. The lowest BCUT2D eigenvalue weighted by Crippen LogP contribution is -2.57. The van der Waals surface area contributed by atoms with E-state index < -0.39 is 23.8 Å². The molecule has 38 heavy (non-hydrogen) atoms. The Morgan fingerprint density at radius 1 is 0.868 bits per heavy atom. The fourth-order valence-corrected chi connectivity index (χ4v) is 4.89. The molecule has 0 spiro atoms. The van der Waals surface area contributed by atoms with Crippen LogP contribution >= 0.6 is 11.3 Å². The fraction of sp³-hybridized carbons (Fsp3) is 0.414. The SMILES string of the molecule is CN(C)NC(=O)C(Cc1cccs1)N(C)C(=O)C(Cc1ccc2ccccc2c1)N(C)C(=O)OC(C)(C)C. The van der Waals surface area contributed by atoms with E-state index in [0.717, 1.165) is 21.2 Å². The number of benzene rings is 2. The van der Waals surface area contributed by atoms with Gasteiger partial charge in [0.25, 0.3) is 5.91 Å². The highest BCUT2D eigenvalue weighted by molar-refractivity contribution is 7.09. The number of amides is 3. The Balaban J connectivity index is 1.95. The highest BCUT2D eigenvalue weighted by Crippen LogP contribution is 2.21. The Morgan fingerprint density at radius 3 is 2.16 bits per heavy atom. The Bertz CT molecular complexity index is 1250. The van der Waals surface area contributed by atoms with Crippen molar-refractivity contribution in [3.05, 3.63) is 70.4 Å². The van der Waals surface area contributed by atoms with Gasteiger partial charge in [0.15, 0.2) is 0 Å². The molecule has 2 atom stereocenters. The highest BCUT2D eigenvalue weighted by Gasteiger charge is 2.36. The molecule has 1 heterocycles. The number of nitrogens with zero attached hydrogens (tertiary/aromatic N) is 3. The number of carbonyl (C=O) groups is 3. The van der Waals surface area contributed by atoms with Crippen molar-refractivity contribution >= 4 is 40.0 Å². The van der Waals surface area contributed by atoms with Gasteiger partial charge >= 0.3 is 6.09 Å². The van der Waals surface area contributed by atoms with Crippen molar-refractivity contribution in [1.82, 2.24) is 20.2 Å². The van der Waals surface area contributed by atoms with Crippen LogP contribution in [0.2, 0.25) is 0 Å². The number of hydrogen-bond acceptors (Lipinski definition) is 6. The zero-order valence-corrected chi connectivity index (χ0v) is 24.0. The molecule has 0 aliphatic carbocycles. The molecule has 3 amide bonds. The molecule has 0 aliphatic rings. The number of hydrogen-bond donors (Lipinski definition) is 1. The molecule has 0 bridgehead atoms. The Hall–Kier alpha value is -3.43. The van der Waals surface area contributed by atoms with E-state index in [-0.39, 0.29) is 18.2 Å². The lowest BCUT2D eigenvalue weighted by Gasteiger charge is -2.35. The molecule has 3 aromatic rings. The van der Waals surface area contributed by atoms with Crippen LogP contribution in [0.4, 0.5) is 4.79 Å². The van der Waals surface area contributed by atoms with Crippen LogP contribution in [0.25, 0.3) is 10.8 Å². The molecule has 2 unspecified atom stereocenters. The highest BCUT2D eigenvalue weighted by atomic mass is 32.1. The van der Waals surface area contributed by atoms with E-state index in [4.69, 9.17) is 4.74 Å². The zero-order chi connectivity index (χ0) is 28.0. The average molecular weight is 539 g/mol. The quantitative estimate of drug-likeness (QED) is 0.410. The molecule has 0 aliphatic heterocycles. The van der Waals surface area contributed by atoms with E-state index in [2.05, 4.69) is 5.43 Å². The maximum Gasteiger partial charge on any atom is 0.410 e. The fourth-order valence-electron chi connectivity index (χ4n) is 4.15. The predicted octanol–water partition coefficient (Wildman–Crippen LogP) is 4.34. The minimum atomic E-state index is -0.881. The van der Waals surface area contributed by atoms with Gasteiger partial charge in [-0.15, -0.1) is 11.3 Å². The number of hydrazine groups is 1. The maximum atomic E-state index is 14.1. The predicted molar refractivity (Wildman–Crippen MR) is 152 cm³/mol. The smallest absolute Gasteiger partial charge is 0.410 e. The first-order valence-corrected chi connectivity index (χ1v) is 13.4. The second kappa shape index (κ2) is 12.4. The Labute approximate surface area is 229 Å². The molecule has 3 rings (SSSR count). The van der Waals surface area contributed by atoms with Crippen LogP contribution in [0.3, 0.4) is 0 Å². The van der Waals surface area contributed by atoms with Crippen LogP contribution in [-0.2, 0) is 27.2 Å². The molecule has 2 aromatic carbocycles. The third kappa shape index (κ3) is 7.79. The van der Waals surface area contributed by atoms with Gasteiger partial charge in [-0.3, -0.25) is 19.9 Å². The van der Waals surface area contributed by atoms with Crippen molar-refractivity contribution in [3.63, 3.8) is 0 Å². The largest absolute Gasteiger partial charge is 0.444 e. The number of thiophene rings is 1. The first-order chi connectivity index (χ1) is 17.9. The van der Waals surface area contributed by atoms with Crippen LogP contribution < -0.4 is 5.43 Å². The Kier molecular flexibility index (Phi) is 9.51. The summed E-state index contributed by atoms with van der Waals surface area (Å²) in [5.41, 5.74) is 2.96. The molecule has 204 valence electrons. The Morgan fingerprint density at radius 2 is 1.55 bits per heavy atom. The van der Waals surface area contributed by atoms with Crippen molar-refractivity contribution in [2.45, 2.75) is 51.3 Å². The van der Waals surface area contributed by atoms with E-state index in [1.807, 2.05) is 60.0 Å². The van der Waals surface area contributed by atoms with Gasteiger partial charge in [0, 0.05) is 45.9 Å². The number of fused-ring (bicyclic) bond motifs is 1. The van der Waals surface area contributed by atoms with Crippen LogP contribution in [0.1, 0.15) is 31.2 Å². The number of nitrogens with one attached hydrogen (secondary N) is 1. The molecule has 1 aromatic heterocycles. The number of carbonyl (C=O) groups excluding carboxylic acids is 3. The van der Waals surface area contributed by atoms with E-state index in [1.165, 1.54) is 21.1 Å². The van der Waals surface area contributed by atoms with Gasteiger partial charge in [-0.1, -0.05) is 48.5 Å². The molecular weight excluding hydrogens is 500 g/mol. The number of rotatable bonds is 9. The van der Waals surface area contributed by atoms with Crippen molar-refractivity contribution in [3.8, 4) is 0 Å². The summed E-state index contributed by atoms with van der Waals surface area (Å²) >= 11 is 1.53. The van der Waals surface area contributed by atoms with Gasteiger partial charge in [-0.05, 0) is 48.6 Å². The third-order valence-corrected chi connectivity index (χ3v) is 7.00. The summed E-state index contributed by atoms with van der Waals surface area (Å²) in [6.45, 7) is 5.36. The van der Waals surface area contributed by atoms with Gasteiger partial charge in [-0.25, -0.2) is 9.80 Å². The summed E-state index contributed by atoms with van der Waals surface area (Å²) in [4.78, 5) is 44.1. The lowest BCUT2D eigenvalue weighted by atomic mass is 9.99. The van der Waals surface area contributed by atoms with Gasteiger partial charge in [0.05, 0.1) is 0 Å². The second-order valence-electron chi connectivity index (χ2n) is 10.6. The first-order valence-electron chi connectivity index (χ1n) is 12.6. The van der Waals surface area contributed by atoms with Gasteiger partial charge in [-0.2, -0.15) is 0 Å². The van der Waals surface area contributed by atoms with Crippen molar-refractivity contribution < 1.29 is 19.1 Å². The van der Waals surface area contributed by atoms with Crippen LogP contribution in [0, 0.1) is 0 Å². The summed E-state index contributed by atoms with van der Waals surface area (Å²) in [5.74, 6) is -0.648. The van der Waals surface area contributed by atoms with E-state index in [1.54, 1.807) is 54.0 Å². The second-order valence-corrected chi connectivity index (χ2v) is 11.6. The van der Waals surface area contributed by atoms with Crippen molar-refractivity contribution in [2.24, 2.45) is 0 Å². The lowest BCUT2D eigenvalue weighted by molar-refractivity contribution is -0.144. The van der Waals surface area contributed by atoms with E-state index in [9.17, 15) is 14.4 Å². The van der Waals surface area contributed by atoms with Crippen molar-refractivity contribution in [2.75, 3.05) is 28.2 Å². The maximum absolute atomic E-state index is 14.1. The normalized spacial score (nSPS) is 13.2. The van der Waals surface area contributed by atoms with Crippen LogP contribution in [-0.4, -0.2) is 78.6 Å². The minimum absolute atomic E-state index is 0.269. The van der Waals surface area contributed by atoms with Gasteiger partial charge < -0.3 is 9.64 Å². The number of likely N-dealkylation sites (N-methyl/N-ethyl adjacent to an activating group) is 2. The summed E-state index contributed by atoms with van der Waals surface area (Å²) in [5, 5.41) is 5.64. The molecule has 8 nitrogen and oxygen atoms in total. The molecule has 0 radical (unpaired) electrons. The van der Waals surface area contributed by atoms with Crippen LogP contribution in [0.15, 0.2) is 60.0 Å². The standard InChI is InChI=1S/C29H38N4O4S/c1-29(2,3)37-28(36)33(7)25(18-20-14-15-21-11-8-9-12-22(21)17-20)27(35)32(6)24(26(34)30-31(4)5)19-23-13-10-16-38-23/h8-17,24-25H,18-19H2,1-7H3,(H,30,34). The summed E-state index contributed by atoms with van der Waals surface area (Å²) < 4.78 is 5.60. The third-order valence-electron chi connectivity index (χ3n) is 6.10. The van der Waals surface area contributed by atoms with E-state index >= 15 is 0 Å². The topological polar surface area (TPSA) is 82.2 Å².